The fourth-order valence-electron chi connectivity index (χ4n) is 1.47. The number of rotatable bonds is 10. The first-order chi connectivity index (χ1) is 9.52. The van der Waals surface area contributed by atoms with Crippen LogP contribution < -0.4 is 0 Å². The van der Waals surface area contributed by atoms with E-state index in [4.69, 9.17) is 9.47 Å². The summed E-state index contributed by atoms with van der Waals surface area (Å²) in [4.78, 5) is 0. The van der Waals surface area contributed by atoms with Crippen molar-refractivity contribution < 1.29 is 17.9 Å². The maximum Gasteiger partial charge on any atom is 0.209 e. The molecule has 0 saturated carbocycles. The van der Waals surface area contributed by atoms with Crippen molar-refractivity contribution in [1.82, 2.24) is 20.2 Å². The van der Waals surface area contributed by atoms with Gasteiger partial charge in [-0.1, -0.05) is 18.7 Å². The smallest absolute Gasteiger partial charge is 0.209 e. The Labute approximate surface area is 123 Å². The summed E-state index contributed by atoms with van der Waals surface area (Å²) < 4.78 is 34.9. The van der Waals surface area contributed by atoms with Gasteiger partial charge >= 0.3 is 0 Å². The van der Waals surface area contributed by atoms with Crippen molar-refractivity contribution in [1.29, 1.82) is 0 Å². The second kappa shape index (κ2) is 8.55. The Morgan fingerprint density at radius 3 is 2.60 bits per heavy atom. The Kier molecular flexibility index (Phi) is 7.41. The number of tetrazole rings is 1. The van der Waals surface area contributed by atoms with Gasteiger partial charge in [0, 0.05) is 25.7 Å². The molecule has 1 aromatic heterocycles. The Bertz CT molecular complexity index is 487. The summed E-state index contributed by atoms with van der Waals surface area (Å²) in [6, 6.07) is 0. The Morgan fingerprint density at radius 1 is 1.30 bits per heavy atom. The minimum absolute atomic E-state index is 0.121. The predicted molar refractivity (Wildman–Crippen MR) is 75.3 cm³/mol. The lowest BCUT2D eigenvalue weighted by Crippen LogP contribution is -2.22. The van der Waals surface area contributed by atoms with Crippen LogP contribution in [0.2, 0.25) is 0 Å². The lowest BCUT2D eigenvalue weighted by molar-refractivity contribution is -0.113. The van der Waals surface area contributed by atoms with Crippen LogP contribution in [0.15, 0.2) is 5.16 Å². The molecule has 8 nitrogen and oxygen atoms in total. The van der Waals surface area contributed by atoms with Crippen LogP contribution >= 0.6 is 11.8 Å². The highest BCUT2D eigenvalue weighted by molar-refractivity contribution is 8.00. The molecule has 0 aliphatic carbocycles. The van der Waals surface area contributed by atoms with Crippen LogP contribution in [0.4, 0.5) is 0 Å². The normalized spacial score (nSPS) is 12.2. The minimum Gasteiger partial charge on any atom is -0.354 e. The first kappa shape index (κ1) is 17.3. The van der Waals surface area contributed by atoms with Gasteiger partial charge in [-0.3, -0.25) is 0 Å². The van der Waals surface area contributed by atoms with Crippen molar-refractivity contribution in [2.24, 2.45) is 0 Å². The molecule has 0 N–H and O–H groups in total. The molecule has 20 heavy (non-hydrogen) atoms. The van der Waals surface area contributed by atoms with Crippen LogP contribution in [-0.2, 0) is 25.9 Å². The SMILES string of the molecule is CCCS(=O)(=O)CCSc1nnnn1CC(OC)OC. The van der Waals surface area contributed by atoms with E-state index in [1.165, 1.54) is 30.7 Å². The van der Waals surface area contributed by atoms with Crippen molar-refractivity contribution in [3.05, 3.63) is 0 Å². The zero-order valence-electron chi connectivity index (χ0n) is 11.9. The van der Waals surface area contributed by atoms with Gasteiger partial charge in [0.2, 0.25) is 5.16 Å². The van der Waals surface area contributed by atoms with Crippen molar-refractivity contribution in [2.45, 2.75) is 31.3 Å². The van der Waals surface area contributed by atoms with Gasteiger partial charge in [-0.25, -0.2) is 13.1 Å². The minimum atomic E-state index is -2.98. The van der Waals surface area contributed by atoms with Crippen LogP contribution in [0.25, 0.3) is 0 Å². The summed E-state index contributed by atoms with van der Waals surface area (Å²) in [6.45, 7) is 2.20. The number of nitrogens with zero attached hydrogens (tertiary/aromatic N) is 4. The van der Waals surface area contributed by atoms with Gasteiger partial charge < -0.3 is 9.47 Å². The third-order valence-electron chi connectivity index (χ3n) is 2.49. The van der Waals surface area contributed by atoms with Gasteiger partial charge in [0.25, 0.3) is 0 Å². The number of methoxy groups -OCH3 is 2. The summed E-state index contributed by atoms with van der Waals surface area (Å²) in [6.07, 6.45) is 0.190. The summed E-state index contributed by atoms with van der Waals surface area (Å²) in [7, 11) is 0.0827. The van der Waals surface area contributed by atoms with Crippen molar-refractivity contribution in [2.75, 3.05) is 31.5 Å². The summed E-state index contributed by atoms with van der Waals surface area (Å²) in [5.74, 6) is 0.762. The molecule has 0 unspecified atom stereocenters. The monoisotopic (exact) mass is 324 g/mol. The quantitative estimate of drug-likeness (QED) is 0.445. The van der Waals surface area contributed by atoms with Crippen LogP contribution in [0.5, 0.6) is 0 Å². The molecule has 0 aromatic carbocycles. The largest absolute Gasteiger partial charge is 0.354 e. The van der Waals surface area contributed by atoms with E-state index in [0.717, 1.165) is 0 Å². The van der Waals surface area contributed by atoms with Gasteiger partial charge in [0.15, 0.2) is 16.1 Å². The van der Waals surface area contributed by atoms with Crippen LogP contribution in [0, 0.1) is 0 Å². The average Bonchev–Trinajstić information content (AvgIpc) is 2.83. The van der Waals surface area contributed by atoms with E-state index in [2.05, 4.69) is 15.5 Å². The van der Waals surface area contributed by atoms with E-state index < -0.39 is 16.1 Å². The predicted octanol–water partition coefficient (Wildman–Crippen LogP) is 0.209. The molecule has 0 amide bonds. The molecule has 0 fully saturated rings. The molecule has 10 heteroatoms. The van der Waals surface area contributed by atoms with Gasteiger partial charge in [0.1, 0.15) is 0 Å². The van der Waals surface area contributed by atoms with Crippen LogP contribution in [0.1, 0.15) is 13.3 Å². The number of hydrogen-bond donors (Lipinski definition) is 0. The fraction of sp³-hybridized carbons (Fsp3) is 0.900. The van der Waals surface area contributed by atoms with Crippen molar-refractivity contribution >= 4 is 21.6 Å². The second-order valence-corrected chi connectivity index (χ2v) is 7.41. The zero-order valence-corrected chi connectivity index (χ0v) is 13.5. The lowest BCUT2D eigenvalue weighted by Gasteiger charge is -2.13. The van der Waals surface area contributed by atoms with Gasteiger partial charge in [-0.05, 0) is 16.8 Å². The highest BCUT2D eigenvalue weighted by atomic mass is 32.2. The highest BCUT2D eigenvalue weighted by Crippen LogP contribution is 2.15. The molecule has 0 spiro atoms. The number of aromatic nitrogens is 4. The average molecular weight is 324 g/mol. The van der Waals surface area contributed by atoms with Crippen LogP contribution in [-0.4, -0.2) is 66.4 Å². The molecule has 0 saturated heterocycles. The Morgan fingerprint density at radius 2 is 2.00 bits per heavy atom. The second-order valence-electron chi connectivity index (χ2n) is 4.04. The molecular formula is C10H20N4O4S2. The van der Waals surface area contributed by atoms with E-state index in [-0.39, 0.29) is 11.5 Å². The molecule has 116 valence electrons. The number of thioether (sulfide) groups is 1. The third kappa shape index (κ3) is 5.73. The lowest BCUT2D eigenvalue weighted by atomic mass is 10.6. The molecule has 1 aromatic rings. The van der Waals surface area contributed by atoms with E-state index in [1.807, 2.05) is 6.92 Å². The fourth-order valence-corrected chi connectivity index (χ4v) is 4.19. The van der Waals surface area contributed by atoms with Gasteiger partial charge in [-0.2, -0.15) is 0 Å². The molecule has 0 aliphatic heterocycles. The maximum absolute atomic E-state index is 11.6. The van der Waals surface area contributed by atoms with Crippen LogP contribution in [0.3, 0.4) is 0 Å². The first-order valence-corrected chi connectivity index (χ1v) is 8.98. The summed E-state index contributed by atoms with van der Waals surface area (Å²) in [5.41, 5.74) is 0. The number of ether oxygens (including phenoxy) is 2. The van der Waals surface area contributed by atoms with E-state index in [0.29, 0.717) is 23.9 Å². The molecule has 1 heterocycles. The molecule has 0 aliphatic rings. The van der Waals surface area contributed by atoms with Crippen molar-refractivity contribution in [3.63, 3.8) is 0 Å². The highest BCUT2D eigenvalue weighted by Gasteiger charge is 2.15. The molecule has 0 radical (unpaired) electrons. The van der Waals surface area contributed by atoms with Crippen molar-refractivity contribution in [3.8, 4) is 0 Å². The summed E-state index contributed by atoms with van der Waals surface area (Å²) in [5, 5.41) is 11.8. The number of hydrogen-bond acceptors (Lipinski definition) is 8. The van der Waals surface area contributed by atoms with Gasteiger partial charge in [-0.15, -0.1) is 5.10 Å². The number of sulfone groups is 1. The first-order valence-electron chi connectivity index (χ1n) is 6.17. The van der Waals surface area contributed by atoms with E-state index in [9.17, 15) is 8.42 Å². The summed E-state index contributed by atoms with van der Waals surface area (Å²) >= 11 is 1.31. The molecule has 1 rings (SSSR count). The van der Waals surface area contributed by atoms with E-state index in [1.54, 1.807) is 0 Å². The van der Waals surface area contributed by atoms with Gasteiger partial charge in [0.05, 0.1) is 12.3 Å². The Balaban J connectivity index is 2.51. The zero-order chi connectivity index (χ0) is 15.0. The topological polar surface area (TPSA) is 96.2 Å². The third-order valence-corrected chi connectivity index (χ3v) is 5.56. The molecule has 0 atom stereocenters. The maximum atomic E-state index is 11.6. The van der Waals surface area contributed by atoms with E-state index >= 15 is 0 Å². The molecule has 0 bridgehead atoms. The standard InChI is InChI=1S/C10H20N4O4S2/c1-4-6-20(15,16)7-5-19-10-11-12-13-14(10)8-9(17-2)18-3/h9H,4-8H2,1-3H3. The molecular weight excluding hydrogens is 304 g/mol. The Hall–Kier alpha value is -0.710.